The molecule has 2 fully saturated rings. The van der Waals surface area contributed by atoms with Crippen LogP contribution < -0.4 is 0 Å². The third-order valence-electron chi connectivity index (χ3n) is 6.84. The third-order valence-corrected chi connectivity index (χ3v) is 6.84. The van der Waals surface area contributed by atoms with E-state index in [1.807, 2.05) is 0 Å². The second-order valence-corrected chi connectivity index (χ2v) is 8.98. The van der Waals surface area contributed by atoms with E-state index >= 15 is 0 Å². The Morgan fingerprint density at radius 2 is 1.81 bits per heavy atom. The summed E-state index contributed by atoms with van der Waals surface area (Å²) < 4.78 is 22.5. The van der Waals surface area contributed by atoms with Gasteiger partial charge in [-0.05, 0) is 54.0 Å². The van der Waals surface area contributed by atoms with Crippen LogP contribution in [0.4, 0.5) is 4.39 Å². The minimum Gasteiger partial charge on any atom is -0.394 e. The van der Waals surface area contributed by atoms with Gasteiger partial charge >= 0.3 is 0 Å². The number of nitrogens with zero attached hydrogens (tertiary/aromatic N) is 1. The molecule has 31 heavy (non-hydrogen) atoms. The van der Waals surface area contributed by atoms with Crippen molar-refractivity contribution in [3.63, 3.8) is 0 Å². The smallest absolute Gasteiger partial charge is 0.163 e. The second kappa shape index (κ2) is 8.02. The van der Waals surface area contributed by atoms with Crippen molar-refractivity contribution in [1.82, 2.24) is 4.57 Å². The SMILES string of the molecule is CC1C(CO)OC(n2cc(Cc3ccc(C4CC4)cc3)c3c(F)cccc32)C(O)C1O. The molecule has 1 aliphatic carbocycles. The Kier molecular flexibility index (Phi) is 5.34. The van der Waals surface area contributed by atoms with Crippen molar-refractivity contribution in [2.24, 2.45) is 5.92 Å². The molecule has 2 aromatic carbocycles. The van der Waals surface area contributed by atoms with Gasteiger partial charge in [-0.3, -0.25) is 0 Å². The van der Waals surface area contributed by atoms with Crippen molar-refractivity contribution < 1.29 is 24.4 Å². The number of aromatic nitrogens is 1. The first-order chi connectivity index (χ1) is 15.0. The van der Waals surface area contributed by atoms with Crippen LogP contribution in [0.15, 0.2) is 48.7 Å². The summed E-state index contributed by atoms with van der Waals surface area (Å²) >= 11 is 0. The molecule has 164 valence electrons. The summed E-state index contributed by atoms with van der Waals surface area (Å²) in [6.45, 7) is 1.46. The quantitative estimate of drug-likeness (QED) is 0.585. The van der Waals surface area contributed by atoms with Crippen LogP contribution in [-0.4, -0.2) is 44.8 Å². The van der Waals surface area contributed by atoms with E-state index in [9.17, 15) is 19.7 Å². The third kappa shape index (κ3) is 3.68. The molecule has 5 atom stereocenters. The molecule has 1 saturated carbocycles. The summed E-state index contributed by atoms with van der Waals surface area (Å²) in [6, 6.07) is 13.3. The zero-order valence-electron chi connectivity index (χ0n) is 17.5. The first kappa shape index (κ1) is 20.6. The zero-order chi connectivity index (χ0) is 21.7. The number of halogens is 1. The van der Waals surface area contributed by atoms with Crippen molar-refractivity contribution in [1.29, 1.82) is 0 Å². The van der Waals surface area contributed by atoms with Gasteiger partial charge in [-0.1, -0.05) is 37.3 Å². The van der Waals surface area contributed by atoms with Gasteiger partial charge in [-0.25, -0.2) is 4.39 Å². The fourth-order valence-electron chi connectivity index (χ4n) is 4.76. The number of hydrogen-bond acceptors (Lipinski definition) is 4. The van der Waals surface area contributed by atoms with Gasteiger partial charge in [0.25, 0.3) is 0 Å². The predicted molar refractivity (Wildman–Crippen MR) is 115 cm³/mol. The van der Waals surface area contributed by atoms with Crippen molar-refractivity contribution in [2.45, 2.75) is 56.6 Å². The molecule has 1 aliphatic heterocycles. The Balaban J connectivity index is 1.53. The summed E-state index contributed by atoms with van der Waals surface area (Å²) in [5.74, 6) is -0.0651. The van der Waals surface area contributed by atoms with Crippen LogP contribution in [0, 0.1) is 11.7 Å². The van der Waals surface area contributed by atoms with E-state index in [-0.39, 0.29) is 12.4 Å². The first-order valence-electron chi connectivity index (χ1n) is 11.0. The maximum Gasteiger partial charge on any atom is 0.163 e. The van der Waals surface area contributed by atoms with Gasteiger partial charge in [0.2, 0.25) is 0 Å². The Labute approximate surface area is 180 Å². The molecule has 0 amide bonds. The molecule has 5 rings (SSSR count). The highest BCUT2D eigenvalue weighted by atomic mass is 19.1. The van der Waals surface area contributed by atoms with E-state index in [1.165, 1.54) is 24.5 Å². The van der Waals surface area contributed by atoms with Gasteiger partial charge in [0.05, 0.1) is 24.3 Å². The van der Waals surface area contributed by atoms with E-state index in [1.54, 1.807) is 29.8 Å². The number of aliphatic hydroxyl groups is 3. The maximum absolute atomic E-state index is 14.9. The molecule has 5 unspecified atom stereocenters. The van der Waals surface area contributed by atoms with E-state index in [4.69, 9.17) is 4.74 Å². The Morgan fingerprint density at radius 3 is 2.48 bits per heavy atom. The molecule has 2 aliphatic rings. The molecule has 0 radical (unpaired) electrons. The fraction of sp³-hybridized carbons (Fsp3) is 0.440. The molecule has 3 aromatic rings. The van der Waals surface area contributed by atoms with E-state index in [0.29, 0.717) is 23.2 Å². The Morgan fingerprint density at radius 1 is 1.06 bits per heavy atom. The van der Waals surface area contributed by atoms with E-state index < -0.39 is 30.5 Å². The van der Waals surface area contributed by atoms with Gasteiger partial charge in [-0.2, -0.15) is 0 Å². The molecule has 0 spiro atoms. The number of rotatable bonds is 5. The van der Waals surface area contributed by atoms with Crippen LogP contribution in [0.1, 0.15) is 48.6 Å². The van der Waals surface area contributed by atoms with E-state index in [0.717, 1.165) is 11.1 Å². The predicted octanol–water partition coefficient (Wildman–Crippen LogP) is 3.50. The lowest BCUT2D eigenvalue weighted by atomic mass is 9.90. The van der Waals surface area contributed by atoms with Crippen LogP contribution >= 0.6 is 0 Å². The highest BCUT2D eigenvalue weighted by Gasteiger charge is 2.43. The fourth-order valence-corrected chi connectivity index (χ4v) is 4.76. The number of fused-ring (bicyclic) bond motifs is 1. The first-order valence-corrected chi connectivity index (χ1v) is 11.0. The topological polar surface area (TPSA) is 74.9 Å². The molecule has 6 heteroatoms. The molecule has 1 saturated heterocycles. The monoisotopic (exact) mass is 425 g/mol. The van der Waals surface area contributed by atoms with Crippen molar-refractivity contribution >= 4 is 10.9 Å². The minimum atomic E-state index is -1.19. The summed E-state index contributed by atoms with van der Waals surface area (Å²) in [7, 11) is 0. The van der Waals surface area contributed by atoms with E-state index in [2.05, 4.69) is 24.3 Å². The van der Waals surface area contributed by atoms with Gasteiger partial charge in [-0.15, -0.1) is 0 Å². The molecule has 0 bridgehead atoms. The number of ether oxygens (including phenoxy) is 1. The molecular weight excluding hydrogens is 397 g/mol. The highest BCUT2D eigenvalue weighted by molar-refractivity contribution is 5.85. The van der Waals surface area contributed by atoms with Crippen LogP contribution in [0.3, 0.4) is 0 Å². The van der Waals surface area contributed by atoms with Crippen molar-refractivity contribution in [2.75, 3.05) is 6.61 Å². The average Bonchev–Trinajstić information content (AvgIpc) is 3.56. The number of benzene rings is 2. The molecule has 2 heterocycles. The summed E-state index contributed by atoms with van der Waals surface area (Å²) in [6.07, 6.45) is 1.06. The average molecular weight is 426 g/mol. The van der Waals surface area contributed by atoms with Crippen molar-refractivity contribution in [3.8, 4) is 0 Å². The van der Waals surface area contributed by atoms with Crippen LogP contribution in [0.5, 0.6) is 0 Å². The highest BCUT2D eigenvalue weighted by Crippen LogP contribution is 2.40. The summed E-state index contributed by atoms with van der Waals surface area (Å²) in [5, 5.41) is 31.4. The minimum absolute atomic E-state index is 0.269. The Hall–Kier alpha value is -2.25. The lowest BCUT2D eigenvalue weighted by Crippen LogP contribution is -2.52. The van der Waals surface area contributed by atoms with Crippen molar-refractivity contribution in [3.05, 3.63) is 71.2 Å². The van der Waals surface area contributed by atoms with Gasteiger partial charge in [0.15, 0.2) is 6.23 Å². The summed E-state index contributed by atoms with van der Waals surface area (Å²) in [4.78, 5) is 0. The normalized spacial score (nSPS) is 28.9. The lowest BCUT2D eigenvalue weighted by molar-refractivity contribution is -0.228. The van der Waals surface area contributed by atoms with Gasteiger partial charge in [0, 0.05) is 17.5 Å². The molecule has 3 N–H and O–H groups in total. The zero-order valence-corrected chi connectivity index (χ0v) is 17.5. The molecular formula is C25H28FNO4. The largest absolute Gasteiger partial charge is 0.394 e. The standard InChI is InChI=1S/C25H28FNO4/c1-14-21(13-28)31-25(24(30)23(14)29)27-12-18(22-19(26)3-2-4-20(22)27)11-15-5-7-16(8-6-15)17-9-10-17/h2-8,12,14,17,21,23-25,28-30H,9-11,13H2,1H3. The second-order valence-electron chi connectivity index (χ2n) is 8.98. The van der Waals surface area contributed by atoms with Gasteiger partial charge in [0.1, 0.15) is 11.9 Å². The van der Waals surface area contributed by atoms with Crippen LogP contribution in [-0.2, 0) is 11.2 Å². The molecule has 5 nitrogen and oxygen atoms in total. The maximum atomic E-state index is 14.9. The lowest BCUT2D eigenvalue weighted by Gasteiger charge is -2.41. The van der Waals surface area contributed by atoms with Crippen LogP contribution in [0.2, 0.25) is 0 Å². The van der Waals surface area contributed by atoms with Gasteiger partial charge < -0.3 is 24.6 Å². The Bertz CT molecular complexity index is 1070. The molecule has 1 aromatic heterocycles. The van der Waals surface area contributed by atoms with Crippen LogP contribution in [0.25, 0.3) is 10.9 Å². The number of hydrogen-bond donors (Lipinski definition) is 3. The number of aliphatic hydroxyl groups excluding tert-OH is 3. The summed E-state index contributed by atoms with van der Waals surface area (Å²) in [5.41, 5.74) is 3.82.